The van der Waals surface area contributed by atoms with E-state index in [0.717, 1.165) is 17.1 Å². The molecule has 0 fully saturated rings. The van der Waals surface area contributed by atoms with E-state index in [1.807, 2.05) is 37.3 Å². The van der Waals surface area contributed by atoms with E-state index in [0.29, 0.717) is 24.4 Å². The first-order valence-corrected chi connectivity index (χ1v) is 6.90. The molecule has 3 rings (SSSR count). The van der Waals surface area contributed by atoms with Crippen LogP contribution in [-0.2, 0) is 6.42 Å². The summed E-state index contributed by atoms with van der Waals surface area (Å²) >= 11 is 0. The number of benzene rings is 1. The number of amides is 1. The third-order valence-corrected chi connectivity index (χ3v) is 3.17. The third-order valence-electron chi connectivity index (χ3n) is 3.17. The summed E-state index contributed by atoms with van der Waals surface area (Å²) in [5.41, 5.74) is 1.46. The number of aryl methyl sites for hydroxylation is 1. The number of carbonyl (C=O) groups excluding carboxylic acids is 1. The summed E-state index contributed by atoms with van der Waals surface area (Å²) in [6.07, 6.45) is 0.527. The molecule has 0 aliphatic rings. The third kappa shape index (κ3) is 3.20. The first kappa shape index (κ1) is 14.0. The van der Waals surface area contributed by atoms with Gasteiger partial charge in [-0.15, -0.1) is 10.2 Å². The van der Waals surface area contributed by atoms with Crippen LogP contribution in [0.25, 0.3) is 11.3 Å². The number of nitrogens with zero attached hydrogens (tertiary/aromatic N) is 3. The Hall–Kier alpha value is -2.96. The lowest BCUT2D eigenvalue weighted by Crippen LogP contribution is -2.25. The zero-order valence-electron chi connectivity index (χ0n) is 12.0. The molecule has 2 N–H and O–H groups in total. The molecule has 0 bridgehead atoms. The van der Waals surface area contributed by atoms with Crippen molar-refractivity contribution in [3.63, 3.8) is 0 Å². The van der Waals surface area contributed by atoms with Crippen molar-refractivity contribution in [3.05, 3.63) is 53.5 Å². The molecule has 0 saturated carbocycles. The van der Waals surface area contributed by atoms with Gasteiger partial charge in [0.15, 0.2) is 5.82 Å². The molecule has 3 aromatic rings. The van der Waals surface area contributed by atoms with Crippen molar-refractivity contribution < 1.29 is 9.21 Å². The standard InChI is InChI=1S/C15H15N5O2/c1-10-5-6-13(22-10)11-3-2-4-12(9-11)15(21)16-8-7-14-17-19-20-18-14/h2-6,9H,7-8H2,1H3,(H,16,21)(H,17,18,19,20). The summed E-state index contributed by atoms with van der Waals surface area (Å²) in [6.45, 7) is 2.33. The van der Waals surface area contributed by atoms with Crippen LogP contribution < -0.4 is 5.32 Å². The van der Waals surface area contributed by atoms with Gasteiger partial charge < -0.3 is 9.73 Å². The number of furan rings is 1. The maximum atomic E-state index is 12.2. The van der Waals surface area contributed by atoms with Crippen LogP contribution in [0.5, 0.6) is 0 Å². The monoisotopic (exact) mass is 297 g/mol. The van der Waals surface area contributed by atoms with Crippen LogP contribution in [0, 0.1) is 6.92 Å². The van der Waals surface area contributed by atoms with Crippen molar-refractivity contribution in [2.24, 2.45) is 0 Å². The van der Waals surface area contributed by atoms with E-state index in [1.54, 1.807) is 6.07 Å². The first-order valence-electron chi connectivity index (χ1n) is 6.90. The van der Waals surface area contributed by atoms with Crippen molar-refractivity contribution in [1.29, 1.82) is 0 Å². The molecule has 1 aromatic carbocycles. The normalized spacial score (nSPS) is 10.6. The van der Waals surface area contributed by atoms with Gasteiger partial charge in [-0.1, -0.05) is 17.3 Å². The maximum Gasteiger partial charge on any atom is 0.251 e. The predicted molar refractivity (Wildman–Crippen MR) is 79.1 cm³/mol. The molecular weight excluding hydrogens is 282 g/mol. The Kier molecular flexibility index (Phi) is 3.95. The number of hydrogen-bond donors (Lipinski definition) is 2. The number of tetrazole rings is 1. The molecule has 0 radical (unpaired) electrons. The van der Waals surface area contributed by atoms with Crippen LogP contribution in [0.4, 0.5) is 0 Å². The van der Waals surface area contributed by atoms with E-state index >= 15 is 0 Å². The lowest BCUT2D eigenvalue weighted by molar-refractivity contribution is 0.0954. The zero-order valence-corrected chi connectivity index (χ0v) is 12.0. The summed E-state index contributed by atoms with van der Waals surface area (Å²) in [4.78, 5) is 12.2. The average Bonchev–Trinajstić information content (AvgIpc) is 3.19. The second kappa shape index (κ2) is 6.21. The van der Waals surface area contributed by atoms with Gasteiger partial charge in [0.2, 0.25) is 0 Å². The highest BCUT2D eigenvalue weighted by Crippen LogP contribution is 2.22. The number of carbonyl (C=O) groups is 1. The Morgan fingerprint density at radius 2 is 2.23 bits per heavy atom. The molecule has 1 amide bonds. The molecule has 7 nitrogen and oxygen atoms in total. The van der Waals surface area contributed by atoms with Gasteiger partial charge in [-0.25, -0.2) is 0 Å². The van der Waals surface area contributed by atoms with Gasteiger partial charge in [0.1, 0.15) is 11.5 Å². The SMILES string of the molecule is Cc1ccc(-c2cccc(C(=O)NCCc3nn[nH]n3)c2)o1. The second-order valence-electron chi connectivity index (χ2n) is 4.83. The first-order chi connectivity index (χ1) is 10.7. The Morgan fingerprint density at radius 3 is 2.95 bits per heavy atom. The summed E-state index contributed by atoms with van der Waals surface area (Å²) < 4.78 is 5.58. The van der Waals surface area contributed by atoms with Crippen LogP contribution in [-0.4, -0.2) is 33.1 Å². The van der Waals surface area contributed by atoms with E-state index in [-0.39, 0.29) is 5.91 Å². The molecule has 0 saturated heterocycles. The number of hydrogen-bond acceptors (Lipinski definition) is 5. The van der Waals surface area contributed by atoms with Crippen molar-refractivity contribution >= 4 is 5.91 Å². The molecule has 2 aromatic heterocycles. The number of aromatic amines is 1. The topological polar surface area (TPSA) is 96.7 Å². The molecule has 0 atom stereocenters. The van der Waals surface area contributed by atoms with Crippen LogP contribution in [0.1, 0.15) is 21.9 Å². The van der Waals surface area contributed by atoms with Crippen LogP contribution >= 0.6 is 0 Å². The van der Waals surface area contributed by atoms with Gasteiger partial charge in [-0.2, -0.15) is 5.21 Å². The highest BCUT2D eigenvalue weighted by atomic mass is 16.3. The summed E-state index contributed by atoms with van der Waals surface area (Å²) in [6, 6.07) is 11.1. The zero-order chi connectivity index (χ0) is 15.4. The molecule has 0 unspecified atom stereocenters. The minimum atomic E-state index is -0.145. The van der Waals surface area contributed by atoms with E-state index in [9.17, 15) is 4.79 Å². The maximum absolute atomic E-state index is 12.2. The number of nitrogens with one attached hydrogen (secondary N) is 2. The van der Waals surface area contributed by atoms with Crippen molar-refractivity contribution in [1.82, 2.24) is 25.9 Å². The Balaban J connectivity index is 1.65. The highest BCUT2D eigenvalue weighted by Gasteiger charge is 2.09. The van der Waals surface area contributed by atoms with Crippen LogP contribution in [0.3, 0.4) is 0 Å². The van der Waals surface area contributed by atoms with E-state index in [1.165, 1.54) is 0 Å². The van der Waals surface area contributed by atoms with Crippen molar-refractivity contribution in [3.8, 4) is 11.3 Å². The molecule has 112 valence electrons. The number of aromatic nitrogens is 4. The Bertz CT molecular complexity index is 764. The molecule has 22 heavy (non-hydrogen) atoms. The van der Waals surface area contributed by atoms with Gasteiger partial charge in [0.05, 0.1) is 0 Å². The second-order valence-corrected chi connectivity index (χ2v) is 4.83. The summed E-state index contributed by atoms with van der Waals surface area (Å²) in [7, 11) is 0. The van der Waals surface area contributed by atoms with E-state index in [2.05, 4.69) is 25.9 Å². The predicted octanol–water partition coefficient (Wildman–Crippen LogP) is 1.74. The van der Waals surface area contributed by atoms with Gasteiger partial charge in [-0.05, 0) is 31.2 Å². The minimum absolute atomic E-state index is 0.145. The summed E-state index contributed by atoms with van der Waals surface area (Å²) in [5.74, 6) is 2.01. The van der Waals surface area contributed by atoms with E-state index < -0.39 is 0 Å². The highest BCUT2D eigenvalue weighted by molar-refractivity contribution is 5.95. The molecular formula is C15H15N5O2. The molecule has 2 heterocycles. The number of rotatable bonds is 5. The van der Waals surface area contributed by atoms with Crippen molar-refractivity contribution in [2.45, 2.75) is 13.3 Å². The minimum Gasteiger partial charge on any atom is -0.461 e. The Labute approximate surface area is 126 Å². The fraction of sp³-hybridized carbons (Fsp3) is 0.200. The smallest absolute Gasteiger partial charge is 0.251 e. The lowest BCUT2D eigenvalue weighted by Gasteiger charge is -2.05. The summed E-state index contributed by atoms with van der Waals surface area (Å²) in [5, 5.41) is 16.3. The van der Waals surface area contributed by atoms with Gasteiger partial charge >= 0.3 is 0 Å². The largest absolute Gasteiger partial charge is 0.461 e. The fourth-order valence-corrected chi connectivity index (χ4v) is 2.08. The fourth-order valence-electron chi connectivity index (χ4n) is 2.08. The quantitative estimate of drug-likeness (QED) is 0.747. The van der Waals surface area contributed by atoms with Crippen molar-refractivity contribution in [2.75, 3.05) is 6.54 Å². The van der Waals surface area contributed by atoms with E-state index in [4.69, 9.17) is 4.42 Å². The molecule has 0 spiro atoms. The van der Waals surface area contributed by atoms with Crippen LogP contribution in [0.2, 0.25) is 0 Å². The molecule has 7 heteroatoms. The Morgan fingerprint density at radius 1 is 1.32 bits per heavy atom. The lowest BCUT2D eigenvalue weighted by atomic mass is 10.1. The van der Waals surface area contributed by atoms with Crippen LogP contribution in [0.15, 0.2) is 40.8 Å². The number of H-pyrrole nitrogens is 1. The van der Waals surface area contributed by atoms with Gasteiger partial charge in [0.25, 0.3) is 5.91 Å². The van der Waals surface area contributed by atoms with Gasteiger partial charge in [0, 0.05) is 24.1 Å². The van der Waals surface area contributed by atoms with Gasteiger partial charge in [-0.3, -0.25) is 4.79 Å². The molecule has 0 aliphatic heterocycles. The molecule has 0 aliphatic carbocycles. The average molecular weight is 297 g/mol.